The van der Waals surface area contributed by atoms with Crippen LogP contribution in [0.15, 0.2) is 67.1 Å². The number of anilines is 1. The number of fused-ring (bicyclic) bond motifs is 1. The van der Waals surface area contributed by atoms with Crippen LogP contribution >= 0.6 is 0 Å². The standard InChI is InChI=1S/C21H21N5O2/c1-23-14-28-26-11-18(19-20(22)24-13-25-21(19)26)16-8-5-9-17(10-16)27-12-15-6-3-2-4-7-15/h2-11,13,23H,12,14H2,1H3,(H2,22,24,25). The van der Waals surface area contributed by atoms with Crippen molar-refractivity contribution in [1.82, 2.24) is 20.0 Å². The third-order valence-corrected chi connectivity index (χ3v) is 4.32. The molecule has 2 heterocycles. The van der Waals surface area contributed by atoms with E-state index in [0.29, 0.717) is 24.8 Å². The molecular weight excluding hydrogens is 354 g/mol. The van der Waals surface area contributed by atoms with Gasteiger partial charge in [-0.25, -0.2) is 9.97 Å². The highest BCUT2D eigenvalue weighted by Gasteiger charge is 2.16. The topological polar surface area (TPSA) is 87.2 Å². The van der Waals surface area contributed by atoms with E-state index < -0.39 is 0 Å². The van der Waals surface area contributed by atoms with Crippen LogP contribution < -0.4 is 20.6 Å². The Balaban J connectivity index is 1.68. The van der Waals surface area contributed by atoms with Crippen LogP contribution in [0, 0.1) is 0 Å². The van der Waals surface area contributed by atoms with Crippen LogP contribution in [0.4, 0.5) is 5.82 Å². The number of hydrogen-bond donors (Lipinski definition) is 2. The fourth-order valence-electron chi connectivity index (χ4n) is 3.00. The van der Waals surface area contributed by atoms with Gasteiger partial charge >= 0.3 is 0 Å². The number of rotatable bonds is 7. The number of aromatic nitrogens is 3. The largest absolute Gasteiger partial charge is 0.489 e. The normalized spacial score (nSPS) is 10.9. The zero-order valence-corrected chi connectivity index (χ0v) is 15.5. The van der Waals surface area contributed by atoms with Crippen LogP contribution in [-0.2, 0) is 6.61 Å². The molecule has 0 spiro atoms. The van der Waals surface area contributed by atoms with Crippen LogP contribution in [0.5, 0.6) is 5.75 Å². The van der Waals surface area contributed by atoms with Crippen molar-refractivity contribution in [1.29, 1.82) is 0 Å². The molecule has 0 fully saturated rings. The lowest BCUT2D eigenvalue weighted by atomic mass is 10.1. The van der Waals surface area contributed by atoms with Gasteiger partial charge in [0.05, 0.1) is 11.6 Å². The van der Waals surface area contributed by atoms with E-state index in [0.717, 1.165) is 27.8 Å². The molecule has 142 valence electrons. The Labute approximate surface area is 162 Å². The minimum absolute atomic E-state index is 0.341. The van der Waals surface area contributed by atoms with Crippen molar-refractivity contribution in [3.63, 3.8) is 0 Å². The zero-order chi connectivity index (χ0) is 19.3. The fourth-order valence-corrected chi connectivity index (χ4v) is 3.00. The van der Waals surface area contributed by atoms with Gasteiger partial charge in [-0.3, -0.25) is 5.32 Å². The summed E-state index contributed by atoms with van der Waals surface area (Å²) in [5.74, 6) is 1.18. The van der Waals surface area contributed by atoms with Crippen LogP contribution in [0.3, 0.4) is 0 Å². The predicted octanol–water partition coefficient (Wildman–Crippen LogP) is 2.87. The van der Waals surface area contributed by atoms with E-state index in [4.69, 9.17) is 15.3 Å². The Kier molecular flexibility index (Phi) is 5.07. The van der Waals surface area contributed by atoms with E-state index in [-0.39, 0.29) is 0 Å². The van der Waals surface area contributed by atoms with Gasteiger partial charge in [-0.15, -0.1) is 0 Å². The average Bonchev–Trinajstić information content (AvgIpc) is 3.12. The number of nitrogens with two attached hydrogens (primary N) is 1. The Bertz CT molecular complexity index is 1080. The Morgan fingerprint density at radius 3 is 2.75 bits per heavy atom. The second kappa shape index (κ2) is 7.98. The van der Waals surface area contributed by atoms with Gasteiger partial charge in [-0.05, 0) is 30.3 Å². The lowest BCUT2D eigenvalue weighted by Gasteiger charge is -2.08. The molecule has 7 heteroatoms. The summed E-state index contributed by atoms with van der Waals surface area (Å²) in [6.45, 7) is 0.843. The quantitative estimate of drug-likeness (QED) is 0.483. The highest BCUT2D eigenvalue weighted by atomic mass is 16.7. The lowest BCUT2D eigenvalue weighted by molar-refractivity contribution is 0.108. The van der Waals surface area contributed by atoms with E-state index in [1.54, 1.807) is 4.73 Å². The molecule has 0 atom stereocenters. The van der Waals surface area contributed by atoms with Gasteiger partial charge in [0.25, 0.3) is 0 Å². The second-order valence-electron chi connectivity index (χ2n) is 6.26. The molecule has 0 unspecified atom stereocenters. The van der Waals surface area contributed by atoms with Crippen LogP contribution in [-0.4, -0.2) is 28.5 Å². The summed E-state index contributed by atoms with van der Waals surface area (Å²) >= 11 is 0. The van der Waals surface area contributed by atoms with Crippen LogP contribution in [0.25, 0.3) is 22.2 Å². The van der Waals surface area contributed by atoms with Crippen molar-refractivity contribution >= 4 is 16.9 Å². The monoisotopic (exact) mass is 375 g/mol. The fraction of sp³-hybridized carbons (Fsp3) is 0.143. The SMILES string of the molecule is CNCOn1cc(-c2cccc(OCc3ccccc3)c2)c2c(N)ncnc21. The molecule has 2 aromatic heterocycles. The molecule has 0 saturated heterocycles. The summed E-state index contributed by atoms with van der Waals surface area (Å²) in [6.07, 6.45) is 3.30. The van der Waals surface area contributed by atoms with Crippen molar-refractivity contribution in [3.8, 4) is 16.9 Å². The average molecular weight is 375 g/mol. The molecule has 0 aliphatic heterocycles. The third kappa shape index (κ3) is 3.60. The van der Waals surface area contributed by atoms with Crippen molar-refractivity contribution in [2.24, 2.45) is 0 Å². The molecule has 28 heavy (non-hydrogen) atoms. The Morgan fingerprint density at radius 2 is 1.93 bits per heavy atom. The Hall–Kier alpha value is -3.58. The molecule has 0 aliphatic rings. The number of hydrogen-bond acceptors (Lipinski definition) is 6. The molecule has 0 amide bonds. The van der Waals surface area contributed by atoms with Crippen molar-refractivity contribution < 1.29 is 9.57 Å². The molecule has 3 N–H and O–H groups in total. The number of nitrogen functional groups attached to an aromatic ring is 1. The number of nitrogens with one attached hydrogen (secondary N) is 1. The maximum Gasteiger partial charge on any atom is 0.181 e. The van der Waals surface area contributed by atoms with Crippen molar-refractivity contribution in [2.45, 2.75) is 6.61 Å². The van der Waals surface area contributed by atoms with E-state index in [1.165, 1.54) is 6.33 Å². The minimum Gasteiger partial charge on any atom is -0.489 e. The maximum atomic E-state index is 6.14. The summed E-state index contributed by atoms with van der Waals surface area (Å²) < 4.78 is 7.57. The number of nitrogens with zero attached hydrogens (tertiary/aromatic N) is 3. The number of benzene rings is 2. The van der Waals surface area contributed by atoms with Crippen molar-refractivity contribution in [2.75, 3.05) is 19.5 Å². The summed E-state index contributed by atoms with van der Waals surface area (Å²) in [6, 6.07) is 17.9. The molecule has 4 rings (SSSR count). The van der Waals surface area contributed by atoms with Gasteiger partial charge in [0.1, 0.15) is 24.5 Å². The summed E-state index contributed by atoms with van der Waals surface area (Å²) in [7, 11) is 1.81. The maximum absolute atomic E-state index is 6.14. The van der Waals surface area contributed by atoms with Crippen LogP contribution in [0.1, 0.15) is 5.56 Å². The minimum atomic E-state index is 0.341. The Morgan fingerprint density at radius 1 is 1.07 bits per heavy atom. The molecule has 7 nitrogen and oxygen atoms in total. The van der Waals surface area contributed by atoms with Gasteiger partial charge in [0.15, 0.2) is 12.4 Å². The number of ether oxygens (including phenoxy) is 1. The van der Waals surface area contributed by atoms with E-state index in [2.05, 4.69) is 15.3 Å². The summed E-state index contributed by atoms with van der Waals surface area (Å²) in [4.78, 5) is 14.2. The molecule has 0 bridgehead atoms. The molecule has 0 radical (unpaired) electrons. The van der Waals surface area contributed by atoms with E-state index >= 15 is 0 Å². The van der Waals surface area contributed by atoms with Gasteiger partial charge in [-0.1, -0.05) is 42.5 Å². The molecular formula is C21H21N5O2. The molecule has 4 aromatic rings. The van der Waals surface area contributed by atoms with Gasteiger partial charge in [0.2, 0.25) is 0 Å². The second-order valence-corrected chi connectivity index (χ2v) is 6.26. The summed E-state index contributed by atoms with van der Waals surface area (Å²) in [5, 5.41) is 3.70. The zero-order valence-electron chi connectivity index (χ0n) is 15.5. The smallest absolute Gasteiger partial charge is 0.181 e. The van der Waals surface area contributed by atoms with Crippen LogP contribution in [0.2, 0.25) is 0 Å². The van der Waals surface area contributed by atoms with E-state index in [1.807, 2.05) is 67.8 Å². The van der Waals surface area contributed by atoms with E-state index in [9.17, 15) is 0 Å². The highest BCUT2D eigenvalue weighted by molar-refractivity contribution is 6.00. The first-order valence-electron chi connectivity index (χ1n) is 8.93. The van der Waals surface area contributed by atoms with Crippen molar-refractivity contribution in [3.05, 3.63) is 72.7 Å². The first-order valence-corrected chi connectivity index (χ1v) is 8.93. The first-order chi connectivity index (χ1) is 13.8. The third-order valence-electron chi connectivity index (χ3n) is 4.32. The molecule has 0 aliphatic carbocycles. The molecule has 2 aromatic carbocycles. The predicted molar refractivity (Wildman–Crippen MR) is 109 cm³/mol. The highest BCUT2D eigenvalue weighted by Crippen LogP contribution is 2.33. The lowest BCUT2D eigenvalue weighted by Crippen LogP contribution is -2.22. The van der Waals surface area contributed by atoms with Gasteiger partial charge in [0, 0.05) is 5.56 Å². The molecule has 0 saturated carbocycles. The van der Waals surface area contributed by atoms with Gasteiger partial charge in [-0.2, -0.15) is 4.73 Å². The van der Waals surface area contributed by atoms with Gasteiger partial charge < -0.3 is 15.3 Å². The summed E-state index contributed by atoms with van der Waals surface area (Å²) in [5.41, 5.74) is 9.71. The first kappa shape index (κ1) is 17.8.